The molecule has 8 heteroatoms. The largest absolute Gasteiger partial charge is 0.492 e. The summed E-state index contributed by atoms with van der Waals surface area (Å²) in [6.07, 6.45) is 1.56. The van der Waals surface area contributed by atoms with Gasteiger partial charge in [0, 0.05) is 19.3 Å². The van der Waals surface area contributed by atoms with Crippen molar-refractivity contribution >= 4 is 18.3 Å². The molecule has 0 aliphatic carbocycles. The van der Waals surface area contributed by atoms with Crippen molar-refractivity contribution in [1.82, 2.24) is 5.32 Å². The van der Waals surface area contributed by atoms with Crippen LogP contribution >= 0.6 is 12.4 Å². The van der Waals surface area contributed by atoms with Gasteiger partial charge in [-0.1, -0.05) is 0 Å². The normalized spacial score (nSPS) is 16.3. The molecule has 0 spiro atoms. The van der Waals surface area contributed by atoms with Gasteiger partial charge in [-0.3, -0.25) is 4.79 Å². The fourth-order valence-electron chi connectivity index (χ4n) is 2.32. The van der Waals surface area contributed by atoms with Crippen LogP contribution < -0.4 is 15.8 Å². The van der Waals surface area contributed by atoms with E-state index in [2.05, 4.69) is 5.32 Å². The Kier molecular flexibility index (Phi) is 8.22. The summed E-state index contributed by atoms with van der Waals surface area (Å²) in [6.45, 7) is 1.65. The van der Waals surface area contributed by atoms with Gasteiger partial charge in [-0.2, -0.15) is 0 Å². The first kappa shape index (κ1) is 19.6. The van der Waals surface area contributed by atoms with E-state index in [4.69, 9.17) is 15.2 Å². The van der Waals surface area contributed by atoms with E-state index in [9.17, 15) is 13.6 Å². The minimum atomic E-state index is -0.969. The van der Waals surface area contributed by atoms with Crippen LogP contribution in [0.3, 0.4) is 0 Å². The van der Waals surface area contributed by atoms with Gasteiger partial charge >= 0.3 is 0 Å². The van der Waals surface area contributed by atoms with Gasteiger partial charge in [-0.15, -0.1) is 12.4 Å². The number of halogens is 3. The van der Waals surface area contributed by atoms with Crippen molar-refractivity contribution in [2.24, 2.45) is 11.7 Å². The number of carbonyl (C=O) groups excluding carboxylic acids is 1. The minimum absolute atomic E-state index is 0. The van der Waals surface area contributed by atoms with E-state index in [-0.39, 0.29) is 43.1 Å². The molecule has 1 amide bonds. The SMILES string of the molecule is Cl.NC(C(=O)NCCOc1ccc(F)c(F)c1)C1CCOCC1. The monoisotopic (exact) mass is 350 g/mol. The van der Waals surface area contributed by atoms with Crippen molar-refractivity contribution in [2.45, 2.75) is 18.9 Å². The molecular formula is C15H21ClF2N2O3. The zero-order chi connectivity index (χ0) is 15.9. The quantitative estimate of drug-likeness (QED) is 0.765. The van der Waals surface area contributed by atoms with Crippen LogP contribution in [0, 0.1) is 17.6 Å². The second-order valence-corrected chi connectivity index (χ2v) is 5.19. The second-order valence-electron chi connectivity index (χ2n) is 5.19. The van der Waals surface area contributed by atoms with Crippen LogP contribution in [-0.2, 0) is 9.53 Å². The van der Waals surface area contributed by atoms with Gasteiger partial charge < -0.3 is 20.5 Å². The molecule has 1 fully saturated rings. The molecule has 5 nitrogen and oxygen atoms in total. The highest BCUT2D eigenvalue weighted by Gasteiger charge is 2.26. The number of rotatable bonds is 6. The molecule has 0 aromatic heterocycles. The lowest BCUT2D eigenvalue weighted by atomic mass is 9.92. The molecule has 1 aliphatic rings. The Bertz CT molecular complexity index is 513. The Morgan fingerprint density at radius 1 is 1.35 bits per heavy atom. The van der Waals surface area contributed by atoms with Crippen molar-refractivity contribution in [3.05, 3.63) is 29.8 Å². The van der Waals surface area contributed by atoms with Gasteiger partial charge in [0.2, 0.25) is 5.91 Å². The molecule has 0 saturated carbocycles. The first-order valence-corrected chi connectivity index (χ1v) is 7.27. The maximum Gasteiger partial charge on any atom is 0.237 e. The summed E-state index contributed by atoms with van der Waals surface area (Å²) >= 11 is 0. The van der Waals surface area contributed by atoms with Crippen LogP contribution in [0.4, 0.5) is 8.78 Å². The molecule has 1 atom stereocenters. The molecule has 0 bridgehead atoms. The minimum Gasteiger partial charge on any atom is -0.492 e. The topological polar surface area (TPSA) is 73.6 Å². The van der Waals surface area contributed by atoms with Crippen LogP contribution in [0.5, 0.6) is 5.75 Å². The number of amides is 1. The fourth-order valence-corrected chi connectivity index (χ4v) is 2.32. The second kappa shape index (κ2) is 9.64. The Morgan fingerprint density at radius 3 is 2.70 bits per heavy atom. The van der Waals surface area contributed by atoms with Crippen LogP contribution in [0.1, 0.15) is 12.8 Å². The lowest BCUT2D eigenvalue weighted by molar-refractivity contribution is -0.124. The van der Waals surface area contributed by atoms with Gasteiger partial charge in [0.1, 0.15) is 12.4 Å². The van der Waals surface area contributed by atoms with Gasteiger partial charge in [0.15, 0.2) is 11.6 Å². The van der Waals surface area contributed by atoms with E-state index < -0.39 is 17.7 Å². The van der Waals surface area contributed by atoms with Gasteiger partial charge in [0.05, 0.1) is 12.6 Å². The number of nitrogens with one attached hydrogen (secondary N) is 1. The number of ether oxygens (including phenoxy) is 2. The molecule has 2 rings (SSSR count). The fraction of sp³-hybridized carbons (Fsp3) is 0.533. The number of carbonyl (C=O) groups is 1. The highest BCUT2D eigenvalue weighted by atomic mass is 35.5. The van der Waals surface area contributed by atoms with E-state index in [1.807, 2.05) is 0 Å². The Labute approximate surface area is 139 Å². The Balaban J connectivity index is 0.00000264. The van der Waals surface area contributed by atoms with Crippen molar-refractivity contribution in [3.8, 4) is 5.75 Å². The average Bonchev–Trinajstić information content (AvgIpc) is 2.54. The zero-order valence-electron chi connectivity index (χ0n) is 12.6. The maximum absolute atomic E-state index is 13.0. The lowest BCUT2D eigenvalue weighted by Crippen LogP contribution is -2.47. The molecule has 3 N–H and O–H groups in total. The van der Waals surface area contributed by atoms with E-state index >= 15 is 0 Å². The molecule has 1 heterocycles. The first-order chi connectivity index (χ1) is 10.6. The number of hydrogen-bond donors (Lipinski definition) is 2. The molecule has 1 aliphatic heterocycles. The standard InChI is InChI=1S/C15H20F2N2O3.ClH/c16-12-2-1-11(9-13(12)17)22-8-5-19-15(20)14(18)10-3-6-21-7-4-10;/h1-2,9-10,14H,3-8,18H2,(H,19,20);1H. The van der Waals surface area contributed by atoms with E-state index in [0.717, 1.165) is 25.0 Å². The Morgan fingerprint density at radius 2 is 2.04 bits per heavy atom. The van der Waals surface area contributed by atoms with Crippen LogP contribution in [0.25, 0.3) is 0 Å². The van der Waals surface area contributed by atoms with Crippen molar-refractivity contribution in [3.63, 3.8) is 0 Å². The highest BCUT2D eigenvalue weighted by Crippen LogP contribution is 2.17. The molecule has 1 saturated heterocycles. The third kappa shape index (κ3) is 5.93. The Hall–Kier alpha value is -1.44. The van der Waals surface area contributed by atoms with Crippen molar-refractivity contribution < 1.29 is 23.0 Å². The molecule has 23 heavy (non-hydrogen) atoms. The van der Waals surface area contributed by atoms with Gasteiger partial charge in [0.25, 0.3) is 0 Å². The van der Waals surface area contributed by atoms with Crippen molar-refractivity contribution in [2.75, 3.05) is 26.4 Å². The van der Waals surface area contributed by atoms with E-state index in [1.165, 1.54) is 6.07 Å². The zero-order valence-corrected chi connectivity index (χ0v) is 13.4. The van der Waals surface area contributed by atoms with Gasteiger partial charge in [-0.25, -0.2) is 8.78 Å². The van der Waals surface area contributed by atoms with Crippen molar-refractivity contribution in [1.29, 1.82) is 0 Å². The summed E-state index contributed by atoms with van der Waals surface area (Å²) in [5, 5.41) is 2.68. The average molecular weight is 351 g/mol. The lowest BCUT2D eigenvalue weighted by Gasteiger charge is -2.26. The summed E-state index contributed by atoms with van der Waals surface area (Å²) in [5.41, 5.74) is 5.92. The molecule has 1 aromatic rings. The smallest absolute Gasteiger partial charge is 0.237 e. The van der Waals surface area contributed by atoms with Crippen LogP contribution in [-0.4, -0.2) is 38.3 Å². The summed E-state index contributed by atoms with van der Waals surface area (Å²) < 4.78 is 36.2. The molecular weight excluding hydrogens is 330 g/mol. The van der Waals surface area contributed by atoms with Gasteiger partial charge in [-0.05, 0) is 30.9 Å². The predicted molar refractivity (Wildman–Crippen MR) is 83.6 cm³/mol. The predicted octanol–water partition coefficient (Wildman–Crippen LogP) is 1.64. The third-order valence-corrected chi connectivity index (χ3v) is 3.64. The van der Waals surface area contributed by atoms with Crippen LogP contribution in [0.2, 0.25) is 0 Å². The maximum atomic E-state index is 13.0. The number of nitrogens with two attached hydrogens (primary N) is 1. The molecule has 0 radical (unpaired) electrons. The molecule has 1 aromatic carbocycles. The molecule has 130 valence electrons. The first-order valence-electron chi connectivity index (χ1n) is 7.27. The van der Waals surface area contributed by atoms with E-state index in [1.54, 1.807) is 0 Å². The van der Waals surface area contributed by atoms with E-state index in [0.29, 0.717) is 13.2 Å². The summed E-state index contributed by atoms with van der Waals surface area (Å²) in [6, 6.07) is 2.72. The molecule has 1 unspecified atom stereocenters. The van der Waals surface area contributed by atoms with Crippen LogP contribution in [0.15, 0.2) is 18.2 Å². The number of benzene rings is 1. The third-order valence-electron chi connectivity index (χ3n) is 3.64. The summed E-state index contributed by atoms with van der Waals surface area (Å²) in [5.74, 6) is -1.80. The number of hydrogen-bond acceptors (Lipinski definition) is 4. The highest BCUT2D eigenvalue weighted by molar-refractivity contribution is 5.85. The summed E-state index contributed by atoms with van der Waals surface area (Å²) in [7, 11) is 0. The summed E-state index contributed by atoms with van der Waals surface area (Å²) in [4.78, 5) is 11.9.